The Labute approximate surface area is 130 Å². The molecule has 1 aliphatic heterocycles. The van der Waals surface area contributed by atoms with Gasteiger partial charge >= 0.3 is 5.88 Å². The minimum absolute atomic E-state index is 0.178. The number of nitro groups is 1. The molecule has 1 aromatic heterocycles. The Kier molecular flexibility index (Phi) is 3.57. The molecule has 118 valence electrons. The number of benzene rings is 1. The highest BCUT2D eigenvalue weighted by Gasteiger charge is 2.39. The van der Waals surface area contributed by atoms with Crippen molar-refractivity contribution in [2.45, 2.75) is 12.5 Å². The molecule has 0 aliphatic carbocycles. The lowest BCUT2D eigenvalue weighted by Gasteiger charge is -2.23. The smallest absolute Gasteiger partial charge is 0.395 e. The van der Waals surface area contributed by atoms with E-state index in [0.717, 1.165) is 11.6 Å². The Morgan fingerprint density at radius 3 is 2.70 bits per heavy atom. The number of carbonyl (C=O) groups excluding carboxylic acids is 2. The van der Waals surface area contributed by atoms with Crippen molar-refractivity contribution in [2.24, 2.45) is 0 Å². The third-order valence-electron chi connectivity index (χ3n) is 3.73. The molecule has 0 radical (unpaired) electrons. The standard InChI is InChI=1S/C15H13N3O5/c1-16-14(19)11-8-9-4-2-3-5-10(9)17(11)15(20)12-6-7-13(23-12)18(21)22/h2-7,11H,8H2,1H3,(H,16,19)/t11-/m0/s1. The topological polar surface area (TPSA) is 106 Å². The molecular formula is C15H13N3O5. The van der Waals surface area contributed by atoms with Gasteiger partial charge < -0.3 is 9.73 Å². The fourth-order valence-electron chi connectivity index (χ4n) is 2.67. The summed E-state index contributed by atoms with van der Waals surface area (Å²) in [5, 5.41) is 13.2. The fraction of sp³-hybridized carbons (Fsp3) is 0.200. The maximum absolute atomic E-state index is 12.7. The van der Waals surface area contributed by atoms with Crippen LogP contribution in [0.15, 0.2) is 40.8 Å². The number of rotatable bonds is 3. The maximum Gasteiger partial charge on any atom is 0.433 e. The van der Waals surface area contributed by atoms with Gasteiger partial charge in [-0.3, -0.25) is 24.6 Å². The van der Waals surface area contributed by atoms with Crippen molar-refractivity contribution >= 4 is 23.4 Å². The van der Waals surface area contributed by atoms with E-state index < -0.39 is 22.8 Å². The Morgan fingerprint density at radius 1 is 1.30 bits per heavy atom. The average Bonchev–Trinajstić information content (AvgIpc) is 3.18. The van der Waals surface area contributed by atoms with Gasteiger partial charge in [-0.25, -0.2) is 0 Å². The average molecular weight is 315 g/mol. The van der Waals surface area contributed by atoms with Gasteiger partial charge in [0, 0.05) is 19.2 Å². The summed E-state index contributed by atoms with van der Waals surface area (Å²) in [5.74, 6) is -1.59. The number of hydrogen-bond acceptors (Lipinski definition) is 5. The maximum atomic E-state index is 12.7. The van der Waals surface area contributed by atoms with Gasteiger partial charge in [-0.1, -0.05) is 18.2 Å². The summed E-state index contributed by atoms with van der Waals surface area (Å²) in [6.45, 7) is 0. The molecule has 3 rings (SSSR count). The van der Waals surface area contributed by atoms with Crippen LogP contribution in [0, 0.1) is 10.1 Å². The molecule has 0 saturated heterocycles. The lowest BCUT2D eigenvalue weighted by atomic mass is 10.1. The van der Waals surface area contributed by atoms with Crippen molar-refractivity contribution in [1.29, 1.82) is 0 Å². The van der Waals surface area contributed by atoms with Gasteiger partial charge in [0.2, 0.25) is 5.91 Å². The number of amides is 2. The van der Waals surface area contributed by atoms with Crippen LogP contribution in [0.1, 0.15) is 16.1 Å². The summed E-state index contributed by atoms with van der Waals surface area (Å²) in [5.41, 5.74) is 1.46. The molecule has 23 heavy (non-hydrogen) atoms. The van der Waals surface area contributed by atoms with E-state index in [9.17, 15) is 19.7 Å². The fourth-order valence-corrected chi connectivity index (χ4v) is 2.67. The molecule has 8 heteroatoms. The van der Waals surface area contributed by atoms with Crippen molar-refractivity contribution in [2.75, 3.05) is 11.9 Å². The Hall–Kier alpha value is -3.16. The lowest BCUT2D eigenvalue weighted by Crippen LogP contribution is -2.47. The Balaban J connectivity index is 2.00. The highest BCUT2D eigenvalue weighted by Crippen LogP contribution is 2.34. The summed E-state index contributed by atoms with van der Waals surface area (Å²) in [6.07, 6.45) is 0.379. The van der Waals surface area contributed by atoms with Crippen LogP contribution in [0.5, 0.6) is 0 Å². The van der Waals surface area contributed by atoms with E-state index in [1.165, 1.54) is 18.0 Å². The van der Waals surface area contributed by atoms with Crippen LogP contribution in [-0.4, -0.2) is 29.8 Å². The summed E-state index contributed by atoms with van der Waals surface area (Å²) < 4.78 is 4.97. The van der Waals surface area contributed by atoms with Gasteiger partial charge in [-0.2, -0.15) is 0 Å². The van der Waals surface area contributed by atoms with Crippen molar-refractivity contribution in [3.63, 3.8) is 0 Å². The molecule has 1 aliphatic rings. The van der Waals surface area contributed by atoms with Crippen LogP contribution in [0.2, 0.25) is 0 Å². The zero-order chi connectivity index (χ0) is 16.6. The summed E-state index contributed by atoms with van der Waals surface area (Å²) in [4.78, 5) is 36.1. The predicted molar refractivity (Wildman–Crippen MR) is 80.2 cm³/mol. The molecule has 1 N–H and O–H groups in total. The van der Waals surface area contributed by atoms with Gasteiger partial charge in [0.1, 0.15) is 11.0 Å². The third kappa shape index (κ3) is 2.44. The number of carbonyl (C=O) groups is 2. The summed E-state index contributed by atoms with van der Waals surface area (Å²) in [7, 11) is 1.49. The van der Waals surface area contributed by atoms with E-state index >= 15 is 0 Å². The third-order valence-corrected chi connectivity index (χ3v) is 3.73. The quantitative estimate of drug-likeness (QED) is 0.682. The molecule has 0 fully saturated rings. The van der Waals surface area contributed by atoms with Crippen molar-refractivity contribution in [1.82, 2.24) is 5.32 Å². The SMILES string of the molecule is CNC(=O)[C@@H]1Cc2ccccc2N1C(=O)c1ccc([N+](=O)[O-])o1. The second-order valence-electron chi connectivity index (χ2n) is 5.03. The highest BCUT2D eigenvalue weighted by molar-refractivity contribution is 6.10. The van der Waals surface area contributed by atoms with E-state index in [1.54, 1.807) is 12.1 Å². The summed E-state index contributed by atoms with van der Waals surface area (Å²) >= 11 is 0. The number of hydrogen-bond donors (Lipinski definition) is 1. The zero-order valence-electron chi connectivity index (χ0n) is 12.2. The van der Waals surface area contributed by atoms with Crippen molar-refractivity contribution in [3.05, 3.63) is 57.8 Å². The first-order chi connectivity index (χ1) is 11.0. The molecule has 0 bridgehead atoms. The number of anilines is 1. The molecule has 0 unspecified atom stereocenters. The van der Waals surface area contributed by atoms with E-state index in [0.29, 0.717) is 12.1 Å². The van der Waals surface area contributed by atoms with Crippen LogP contribution in [-0.2, 0) is 11.2 Å². The van der Waals surface area contributed by atoms with Gasteiger partial charge in [-0.15, -0.1) is 0 Å². The van der Waals surface area contributed by atoms with Crippen LogP contribution in [0.4, 0.5) is 11.6 Å². The predicted octanol–water partition coefficient (Wildman–Crippen LogP) is 1.51. The number of para-hydroxylation sites is 1. The van der Waals surface area contributed by atoms with E-state index in [4.69, 9.17) is 4.42 Å². The Bertz CT molecular complexity index is 798. The molecule has 2 aromatic rings. The number of nitrogens with one attached hydrogen (secondary N) is 1. The summed E-state index contributed by atoms with van der Waals surface area (Å²) in [6, 6.07) is 8.79. The monoisotopic (exact) mass is 315 g/mol. The van der Waals surface area contributed by atoms with Crippen LogP contribution >= 0.6 is 0 Å². The van der Waals surface area contributed by atoms with Gasteiger partial charge in [0.25, 0.3) is 5.91 Å². The second-order valence-corrected chi connectivity index (χ2v) is 5.03. The van der Waals surface area contributed by atoms with Gasteiger partial charge in [0.15, 0.2) is 5.76 Å². The van der Waals surface area contributed by atoms with E-state index in [1.807, 2.05) is 12.1 Å². The van der Waals surface area contributed by atoms with Crippen molar-refractivity contribution in [3.8, 4) is 0 Å². The zero-order valence-corrected chi connectivity index (χ0v) is 12.2. The van der Waals surface area contributed by atoms with E-state index in [-0.39, 0.29) is 11.7 Å². The minimum Gasteiger partial charge on any atom is -0.395 e. The van der Waals surface area contributed by atoms with Crippen molar-refractivity contribution < 1.29 is 18.9 Å². The molecule has 0 spiro atoms. The molecule has 1 atom stereocenters. The van der Waals surface area contributed by atoms with Gasteiger partial charge in [0.05, 0.1) is 6.07 Å². The molecule has 8 nitrogen and oxygen atoms in total. The first kappa shape index (κ1) is 14.8. The van der Waals surface area contributed by atoms with Crippen LogP contribution < -0.4 is 10.2 Å². The van der Waals surface area contributed by atoms with E-state index in [2.05, 4.69) is 5.32 Å². The Morgan fingerprint density at radius 2 is 2.04 bits per heavy atom. The van der Waals surface area contributed by atoms with Crippen LogP contribution in [0.25, 0.3) is 0 Å². The van der Waals surface area contributed by atoms with Crippen LogP contribution in [0.3, 0.4) is 0 Å². The number of fused-ring (bicyclic) bond motifs is 1. The molecule has 0 saturated carbocycles. The minimum atomic E-state index is -0.717. The molecule has 2 heterocycles. The lowest BCUT2D eigenvalue weighted by molar-refractivity contribution is -0.402. The normalized spacial score (nSPS) is 16.0. The first-order valence-corrected chi connectivity index (χ1v) is 6.90. The number of nitrogens with zero attached hydrogens (tertiary/aromatic N) is 2. The number of likely N-dealkylation sites (N-methyl/N-ethyl adjacent to an activating group) is 1. The highest BCUT2D eigenvalue weighted by atomic mass is 16.6. The molecular weight excluding hydrogens is 302 g/mol. The largest absolute Gasteiger partial charge is 0.433 e. The second kappa shape index (κ2) is 5.56. The number of furan rings is 1. The molecule has 2 amide bonds. The molecule has 1 aromatic carbocycles. The first-order valence-electron chi connectivity index (χ1n) is 6.90. The van der Waals surface area contributed by atoms with Gasteiger partial charge in [-0.05, 0) is 17.7 Å².